The minimum atomic E-state index is -0.752. The molecule has 49 heavy (non-hydrogen) atoms. The van der Waals surface area contributed by atoms with Gasteiger partial charge in [-0.1, -0.05) is 44.6 Å². The average Bonchev–Trinajstić information content (AvgIpc) is 3.39. The van der Waals surface area contributed by atoms with E-state index in [0.29, 0.717) is 47.8 Å². The first-order valence-electron chi connectivity index (χ1n) is 17.1. The number of nitrogens with two attached hydrogens (primary N) is 1. The molecule has 0 saturated heterocycles. The SMILES string of the molecule is CCOc1ccc(-c2nc(C(N)=O)c3c(n2)N(c2cccc(C(=O)NCCCCCCCCCCNC(=O)OC(C)(C)C)c2)C(=O)C3)cc1. The van der Waals surface area contributed by atoms with Crippen LogP contribution in [0.25, 0.3) is 11.4 Å². The van der Waals surface area contributed by atoms with Crippen LogP contribution in [0.15, 0.2) is 48.5 Å². The van der Waals surface area contributed by atoms with Gasteiger partial charge in [-0.3, -0.25) is 19.3 Å². The lowest BCUT2D eigenvalue weighted by atomic mass is 10.1. The minimum Gasteiger partial charge on any atom is -0.494 e. The van der Waals surface area contributed by atoms with Crippen molar-refractivity contribution in [3.8, 4) is 17.1 Å². The molecule has 2 heterocycles. The fourth-order valence-electron chi connectivity index (χ4n) is 5.54. The molecule has 1 aromatic heterocycles. The summed E-state index contributed by atoms with van der Waals surface area (Å²) in [5.74, 6) is -0.0816. The number of nitrogens with zero attached hydrogens (tertiary/aromatic N) is 3. The Morgan fingerprint density at radius 1 is 0.878 bits per heavy atom. The Balaban J connectivity index is 1.26. The van der Waals surface area contributed by atoms with E-state index in [1.54, 1.807) is 48.5 Å². The predicted molar refractivity (Wildman–Crippen MR) is 188 cm³/mol. The summed E-state index contributed by atoms with van der Waals surface area (Å²) in [7, 11) is 0. The van der Waals surface area contributed by atoms with Gasteiger partial charge in [0.1, 0.15) is 22.9 Å². The van der Waals surface area contributed by atoms with E-state index < -0.39 is 11.5 Å². The third-order valence-corrected chi connectivity index (χ3v) is 7.86. The first-order chi connectivity index (χ1) is 23.5. The van der Waals surface area contributed by atoms with Crippen LogP contribution >= 0.6 is 0 Å². The standard InChI is InChI=1S/C37H48N6O6/c1-5-48-28-19-17-25(18-20-28)33-41-31(32(38)45)29-24-30(44)43(34(29)42-33)27-16-14-15-26(23-27)35(46)39-21-12-10-8-6-7-9-11-13-22-40-36(47)49-37(2,3)4/h14-20,23H,5-13,21-22,24H2,1-4H3,(H2,38,45)(H,39,46)(H,40,47). The Labute approximate surface area is 288 Å². The zero-order chi connectivity index (χ0) is 35.4. The third kappa shape index (κ3) is 10.8. The largest absolute Gasteiger partial charge is 0.494 e. The van der Waals surface area contributed by atoms with E-state index in [2.05, 4.69) is 20.6 Å². The number of primary amides is 1. The van der Waals surface area contributed by atoms with Crippen molar-refractivity contribution < 1.29 is 28.7 Å². The first kappa shape index (κ1) is 36.8. The number of ether oxygens (including phenoxy) is 2. The summed E-state index contributed by atoms with van der Waals surface area (Å²) in [6.45, 7) is 9.13. The molecule has 0 atom stereocenters. The van der Waals surface area contributed by atoms with Gasteiger partial charge < -0.3 is 25.8 Å². The van der Waals surface area contributed by atoms with Gasteiger partial charge in [0, 0.05) is 29.8 Å². The molecule has 3 aromatic rings. The van der Waals surface area contributed by atoms with E-state index in [4.69, 9.17) is 15.2 Å². The number of benzene rings is 2. The number of nitrogens with one attached hydrogen (secondary N) is 2. The van der Waals surface area contributed by atoms with Gasteiger partial charge in [-0.05, 0) is 83.0 Å². The van der Waals surface area contributed by atoms with E-state index in [9.17, 15) is 19.2 Å². The highest BCUT2D eigenvalue weighted by Gasteiger charge is 2.35. The summed E-state index contributed by atoms with van der Waals surface area (Å²) in [5, 5.41) is 5.77. The topological polar surface area (TPSA) is 166 Å². The number of unbranched alkanes of at least 4 members (excludes halogenated alkanes) is 7. The van der Waals surface area contributed by atoms with Gasteiger partial charge in [-0.25, -0.2) is 14.8 Å². The maximum atomic E-state index is 13.3. The quantitative estimate of drug-likeness (QED) is 0.142. The summed E-state index contributed by atoms with van der Waals surface area (Å²) in [5.41, 5.74) is 7.05. The smallest absolute Gasteiger partial charge is 0.407 e. The molecule has 0 saturated carbocycles. The van der Waals surface area contributed by atoms with Gasteiger partial charge in [0.25, 0.3) is 11.8 Å². The van der Waals surface area contributed by atoms with Gasteiger partial charge in [0.2, 0.25) is 5.91 Å². The van der Waals surface area contributed by atoms with Crippen LogP contribution in [0, 0.1) is 0 Å². The lowest BCUT2D eigenvalue weighted by molar-refractivity contribution is -0.116. The first-order valence-corrected chi connectivity index (χ1v) is 17.1. The molecule has 0 bridgehead atoms. The van der Waals surface area contributed by atoms with E-state index >= 15 is 0 Å². The molecule has 0 radical (unpaired) electrons. The highest BCUT2D eigenvalue weighted by Crippen LogP contribution is 2.37. The fraction of sp³-hybridized carbons (Fsp3) is 0.459. The van der Waals surface area contributed by atoms with Crippen molar-refractivity contribution >= 4 is 35.3 Å². The molecule has 4 amide bonds. The molecule has 4 rings (SSSR count). The van der Waals surface area contributed by atoms with Gasteiger partial charge in [-0.2, -0.15) is 0 Å². The number of rotatable bonds is 17. The van der Waals surface area contributed by atoms with Gasteiger partial charge in [-0.15, -0.1) is 0 Å². The summed E-state index contributed by atoms with van der Waals surface area (Å²) in [6, 6.07) is 13.9. The molecule has 0 aliphatic carbocycles. The number of fused-ring (bicyclic) bond motifs is 1. The summed E-state index contributed by atoms with van der Waals surface area (Å²) in [6.07, 6.45) is 7.88. The van der Waals surface area contributed by atoms with Crippen LogP contribution in [0.5, 0.6) is 5.75 Å². The second-order valence-electron chi connectivity index (χ2n) is 13.0. The molecule has 262 valence electrons. The van der Waals surface area contributed by atoms with E-state index in [-0.39, 0.29) is 41.7 Å². The van der Waals surface area contributed by atoms with Crippen molar-refractivity contribution in [2.75, 3.05) is 24.6 Å². The number of anilines is 2. The molecule has 0 fully saturated rings. The Morgan fingerprint density at radius 2 is 1.51 bits per heavy atom. The average molecular weight is 673 g/mol. The Bertz CT molecular complexity index is 1620. The molecule has 12 nitrogen and oxygen atoms in total. The molecule has 1 aliphatic heterocycles. The highest BCUT2D eigenvalue weighted by molar-refractivity contribution is 6.10. The minimum absolute atomic E-state index is 0.00812. The van der Waals surface area contributed by atoms with Crippen LogP contribution in [0.4, 0.5) is 16.3 Å². The van der Waals surface area contributed by atoms with Gasteiger partial charge in [0.15, 0.2) is 5.82 Å². The molecule has 4 N–H and O–H groups in total. The monoisotopic (exact) mass is 672 g/mol. The van der Waals surface area contributed by atoms with Crippen LogP contribution in [0.3, 0.4) is 0 Å². The predicted octanol–water partition coefficient (Wildman–Crippen LogP) is 6.24. The normalized spacial score (nSPS) is 12.4. The van der Waals surface area contributed by atoms with Crippen LogP contribution in [0.1, 0.15) is 105 Å². The third-order valence-electron chi connectivity index (χ3n) is 7.86. The second kappa shape index (κ2) is 17.4. The van der Waals surface area contributed by atoms with Crippen LogP contribution in [-0.4, -0.2) is 59.1 Å². The van der Waals surface area contributed by atoms with Crippen molar-refractivity contribution in [1.29, 1.82) is 0 Å². The molecular formula is C37H48N6O6. The lowest BCUT2D eigenvalue weighted by Gasteiger charge is -2.19. The Hall–Kier alpha value is -5.00. The number of amides is 4. The van der Waals surface area contributed by atoms with E-state index in [0.717, 1.165) is 51.4 Å². The molecule has 2 aromatic carbocycles. The molecular weight excluding hydrogens is 624 g/mol. The molecule has 1 aliphatic rings. The number of carbonyl (C=O) groups is 4. The van der Waals surface area contributed by atoms with Crippen molar-refractivity contribution in [2.24, 2.45) is 5.73 Å². The zero-order valence-corrected chi connectivity index (χ0v) is 29.0. The zero-order valence-electron chi connectivity index (χ0n) is 29.0. The van der Waals surface area contributed by atoms with Crippen LogP contribution in [0.2, 0.25) is 0 Å². The van der Waals surface area contributed by atoms with E-state index in [1.807, 2.05) is 27.7 Å². The maximum absolute atomic E-state index is 13.3. The maximum Gasteiger partial charge on any atom is 0.407 e. The van der Waals surface area contributed by atoms with Crippen molar-refractivity contribution in [2.45, 2.75) is 91.1 Å². The molecule has 0 spiro atoms. The number of aromatic nitrogens is 2. The Kier molecular flexibility index (Phi) is 13.1. The summed E-state index contributed by atoms with van der Waals surface area (Å²) < 4.78 is 10.8. The summed E-state index contributed by atoms with van der Waals surface area (Å²) in [4.78, 5) is 60.8. The lowest BCUT2D eigenvalue weighted by Crippen LogP contribution is -2.32. The molecule has 0 unspecified atom stereocenters. The van der Waals surface area contributed by atoms with Gasteiger partial charge >= 0.3 is 6.09 Å². The number of hydrogen-bond acceptors (Lipinski definition) is 8. The second-order valence-corrected chi connectivity index (χ2v) is 13.0. The van der Waals surface area contributed by atoms with Crippen molar-refractivity contribution in [1.82, 2.24) is 20.6 Å². The summed E-state index contributed by atoms with van der Waals surface area (Å²) >= 11 is 0. The highest BCUT2D eigenvalue weighted by atomic mass is 16.6. The van der Waals surface area contributed by atoms with E-state index in [1.165, 1.54) is 4.90 Å². The van der Waals surface area contributed by atoms with Crippen LogP contribution < -0.4 is 26.0 Å². The van der Waals surface area contributed by atoms with Crippen molar-refractivity contribution in [3.05, 3.63) is 65.4 Å². The van der Waals surface area contributed by atoms with Gasteiger partial charge in [0.05, 0.1) is 18.7 Å². The number of carbonyl (C=O) groups excluding carboxylic acids is 4. The van der Waals surface area contributed by atoms with Crippen LogP contribution in [-0.2, 0) is 16.0 Å². The molecule has 12 heteroatoms. The number of hydrogen-bond donors (Lipinski definition) is 3. The Morgan fingerprint density at radius 3 is 2.12 bits per heavy atom. The fourth-order valence-corrected chi connectivity index (χ4v) is 5.54. The number of alkyl carbamates (subject to hydrolysis) is 1. The van der Waals surface area contributed by atoms with Crippen molar-refractivity contribution in [3.63, 3.8) is 0 Å².